The average molecular weight is 271 g/mol. The first-order valence-electron chi connectivity index (χ1n) is 6.24. The molecule has 0 aliphatic carbocycles. The first-order chi connectivity index (χ1) is 9.56. The molecule has 104 valence electrons. The Balaban J connectivity index is 2.07. The molecule has 2 rings (SSSR count). The van der Waals surface area contributed by atoms with E-state index in [2.05, 4.69) is 10.3 Å². The van der Waals surface area contributed by atoms with Gasteiger partial charge in [0.2, 0.25) is 5.91 Å². The lowest BCUT2D eigenvalue weighted by Gasteiger charge is -2.15. The van der Waals surface area contributed by atoms with Crippen LogP contribution in [0.5, 0.6) is 0 Å². The van der Waals surface area contributed by atoms with E-state index < -0.39 is 0 Å². The van der Waals surface area contributed by atoms with Crippen LogP contribution >= 0.6 is 0 Å². The minimum Gasteiger partial charge on any atom is -0.462 e. The summed E-state index contributed by atoms with van der Waals surface area (Å²) in [6.07, 6.45) is 4.76. The van der Waals surface area contributed by atoms with Gasteiger partial charge in [0, 0.05) is 26.4 Å². The molecule has 1 amide bonds. The number of rotatable bonds is 4. The van der Waals surface area contributed by atoms with Gasteiger partial charge in [0.1, 0.15) is 11.5 Å². The summed E-state index contributed by atoms with van der Waals surface area (Å²) in [5.74, 6) is 1.95. The first kappa shape index (κ1) is 13.9. The Labute approximate surface area is 117 Å². The van der Waals surface area contributed by atoms with E-state index in [0.29, 0.717) is 17.3 Å². The van der Waals surface area contributed by atoms with Crippen molar-refractivity contribution in [2.45, 2.75) is 6.92 Å². The molecule has 0 atom stereocenters. The zero-order chi connectivity index (χ0) is 14.5. The fraction of sp³-hybridized carbons (Fsp3) is 0.200. The number of hydrogen-bond acceptors (Lipinski definition) is 4. The smallest absolute Gasteiger partial charge is 0.248 e. The highest BCUT2D eigenvalue weighted by Gasteiger charge is 2.07. The Morgan fingerprint density at radius 1 is 1.35 bits per heavy atom. The number of aromatic nitrogens is 1. The van der Waals surface area contributed by atoms with Gasteiger partial charge in [-0.05, 0) is 37.3 Å². The van der Waals surface area contributed by atoms with Gasteiger partial charge in [-0.15, -0.1) is 0 Å². The lowest BCUT2D eigenvalue weighted by molar-refractivity contribution is -0.111. The maximum Gasteiger partial charge on any atom is 0.248 e. The predicted molar refractivity (Wildman–Crippen MR) is 79.7 cm³/mol. The zero-order valence-electron chi connectivity index (χ0n) is 11.8. The number of nitrogens with one attached hydrogen (secondary N) is 1. The minimum atomic E-state index is -0.227. The lowest BCUT2D eigenvalue weighted by Crippen LogP contribution is -2.16. The van der Waals surface area contributed by atoms with Crippen molar-refractivity contribution in [2.75, 3.05) is 24.3 Å². The van der Waals surface area contributed by atoms with E-state index in [0.717, 1.165) is 5.76 Å². The summed E-state index contributed by atoms with van der Waals surface area (Å²) in [7, 11) is 3.75. The van der Waals surface area contributed by atoms with Crippen LogP contribution in [-0.2, 0) is 4.79 Å². The fourth-order valence-electron chi connectivity index (χ4n) is 1.73. The highest BCUT2D eigenvalue weighted by atomic mass is 16.3. The Morgan fingerprint density at radius 3 is 2.80 bits per heavy atom. The second-order valence-electron chi connectivity index (χ2n) is 4.54. The van der Waals surface area contributed by atoms with Gasteiger partial charge < -0.3 is 14.6 Å². The summed E-state index contributed by atoms with van der Waals surface area (Å²) in [5.41, 5.74) is 0.669. The number of carbonyl (C=O) groups excluding carboxylic acids is 1. The molecule has 0 saturated carbocycles. The van der Waals surface area contributed by atoms with E-state index >= 15 is 0 Å². The van der Waals surface area contributed by atoms with Crippen LogP contribution in [0.1, 0.15) is 11.5 Å². The van der Waals surface area contributed by atoms with E-state index in [1.54, 1.807) is 18.3 Å². The molecule has 2 aromatic heterocycles. The van der Waals surface area contributed by atoms with Crippen molar-refractivity contribution in [3.05, 3.63) is 48.1 Å². The third-order valence-electron chi connectivity index (χ3n) is 2.63. The van der Waals surface area contributed by atoms with Gasteiger partial charge in [-0.25, -0.2) is 4.98 Å². The predicted octanol–water partition coefficient (Wildman–Crippen LogP) is 2.70. The van der Waals surface area contributed by atoms with E-state index in [1.807, 2.05) is 44.1 Å². The number of carbonyl (C=O) groups is 1. The van der Waals surface area contributed by atoms with Crippen molar-refractivity contribution in [2.24, 2.45) is 0 Å². The van der Waals surface area contributed by atoms with E-state index in [-0.39, 0.29) is 5.91 Å². The maximum absolute atomic E-state index is 11.9. The van der Waals surface area contributed by atoms with Crippen LogP contribution in [0.25, 0.3) is 6.08 Å². The summed E-state index contributed by atoms with van der Waals surface area (Å²) < 4.78 is 5.36. The highest BCUT2D eigenvalue weighted by Crippen LogP contribution is 2.20. The second kappa shape index (κ2) is 6.06. The minimum absolute atomic E-state index is 0.227. The molecule has 2 heterocycles. The quantitative estimate of drug-likeness (QED) is 0.869. The number of anilines is 2. The van der Waals surface area contributed by atoms with Gasteiger partial charge in [-0.3, -0.25) is 4.79 Å². The third-order valence-corrected chi connectivity index (χ3v) is 2.63. The number of pyridine rings is 1. The van der Waals surface area contributed by atoms with Crippen LogP contribution in [0, 0.1) is 6.92 Å². The summed E-state index contributed by atoms with van der Waals surface area (Å²) >= 11 is 0. The largest absolute Gasteiger partial charge is 0.462 e. The molecule has 0 bridgehead atoms. The SMILES string of the molecule is Cc1ccc(/C=C\C(=O)Nc2cccnc2N(C)C)o1. The number of aryl methyl sites for hydroxylation is 1. The molecule has 0 spiro atoms. The van der Waals surface area contributed by atoms with E-state index in [9.17, 15) is 4.79 Å². The summed E-state index contributed by atoms with van der Waals surface area (Å²) in [6.45, 7) is 1.86. The van der Waals surface area contributed by atoms with Gasteiger partial charge in [0.05, 0.1) is 5.69 Å². The first-order valence-corrected chi connectivity index (χ1v) is 6.24. The van der Waals surface area contributed by atoms with Crippen LogP contribution in [0.15, 0.2) is 41.0 Å². The van der Waals surface area contributed by atoms with Gasteiger partial charge >= 0.3 is 0 Å². The van der Waals surface area contributed by atoms with Gasteiger partial charge in [-0.2, -0.15) is 0 Å². The number of hydrogen-bond donors (Lipinski definition) is 1. The van der Waals surface area contributed by atoms with Crippen LogP contribution in [0.3, 0.4) is 0 Å². The van der Waals surface area contributed by atoms with Gasteiger partial charge in [-0.1, -0.05) is 0 Å². The van der Waals surface area contributed by atoms with Crippen LogP contribution in [-0.4, -0.2) is 25.0 Å². The standard InChI is InChI=1S/C15H17N3O2/c1-11-6-7-12(20-11)8-9-14(19)17-13-5-4-10-16-15(13)18(2)3/h4-10H,1-3H3,(H,17,19)/b9-8-. The molecule has 2 aromatic rings. The molecule has 0 aliphatic heterocycles. The Hall–Kier alpha value is -2.56. The van der Waals surface area contributed by atoms with Crippen molar-refractivity contribution in [1.82, 2.24) is 4.98 Å². The Kier molecular flexibility index (Phi) is 4.20. The van der Waals surface area contributed by atoms with Gasteiger partial charge in [0.15, 0.2) is 5.82 Å². The molecular weight excluding hydrogens is 254 g/mol. The molecule has 0 unspecified atom stereocenters. The third kappa shape index (κ3) is 3.47. The zero-order valence-corrected chi connectivity index (χ0v) is 11.8. The second-order valence-corrected chi connectivity index (χ2v) is 4.54. The van der Waals surface area contributed by atoms with Crippen LogP contribution < -0.4 is 10.2 Å². The summed E-state index contributed by atoms with van der Waals surface area (Å²) in [4.78, 5) is 17.9. The summed E-state index contributed by atoms with van der Waals surface area (Å²) in [5, 5.41) is 2.80. The van der Waals surface area contributed by atoms with Crippen molar-refractivity contribution in [3.63, 3.8) is 0 Å². The fourth-order valence-corrected chi connectivity index (χ4v) is 1.73. The molecule has 0 fully saturated rings. The number of furan rings is 1. The molecule has 20 heavy (non-hydrogen) atoms. The Bertz CT molecular complexity index is 630. The van der Waals surface area contributed by atoms with Gasteiger partial charge in [0.25, 0.3) is 0 Å². The van der Waals surface area contributed by atoms with E-state index in [4.69, 9.17) is 4.42 Å². The molecule has 1 N–H and O–H groups in total. The van der Waals surface area contributed by atoms with Crippen molar-refractivity contribution in [3.8, 4) is 0 Å². The molecular formula is C15H17N3O2. The molecule has 0 radical (unpaired) electrons. The number of amides is 1. The average Bonchev–Trinajstić information content (AvgIpc) is 2.83. The normalized spacial score (nSPS) is 10.8. The highest BCUT2D eigenvalue weighted by molar-refractivity contribution is 6.03. The summed E-state index contributed by atoms with van der Waals surface area (Å²) in [6, 6.07) is 7.25. The Morgan fingerprint density at radius 2 is 2.15 bits per heavy atom. The molecule has 5 heteroatoms. The molecule has 0 saturated heterocycles. The topological polar surface area (TPSA) is 58.4 Å². The van der Waals surface area contributed by atoms with Crippen molar-refractivity contribution < 1.29 is 9.21 Å². The van der Waals surface area contributed by atoms with Crippen molar-refractivity contribution in [1.29, 1.82) is 0 Å². The van der Waals surface area contributed by atoms with E-state index in [1.165, 1.54) is 6.08 Å². The monoisotopic (exact) mass is 271 g/mol. The van der Waals surface area contributed by atoms with Crippen molar-refractivity contribution >= 4 is 23.5 Å². The lowest BCUT2D eigenvalue weighted by atomic mass is 10.3. The molecule has 0 aliphatic rings. The maximum atomic E-state index is 11.9. The van der Waals surface area contributed by atoms with Crippen LogP contribution in [0.4, 0.5) is 11.5 Å². The number of nitrogens with zero attached hydrogens (tertiary/aromatic N) is 2. The molecule has 0 aromatic carbocycles. The molecule has 5 nitrogen and oxygen atoms in total. The van der Waals surface area contributed by atoms with Crippen LogP contribution in [0.2, 0.25) is 0 Å².